The highest BCUT2D eigenvalue weighted by Gasteiger charge is 2.39. The fourth-order valence-electron chi connectivity index (χ4n) is 1.70. The molecular formula is C11H14FN. The van der Waals surface area contributed by atoms with Gasteiger partial charge in [0.05, 0.1) is 0 Å². The molecule has 1 N–H and O–H groups in total. The molecule has 0 unspecified atom stereocenters. The van der Waals surface area contributed by atoms with Crippen LogP contribution in [0.25, 0.3) is 0 Å². The molecule has 1 fully saturated rings. The molecule has 0 amide bonds. The van der Waals surface area contributed by atoms with E-state index >= 15 is 0 Å². The van der Waals surface area contributed by atoms with Crippen molar-refractivity contribution in [2.75, 3.05) is 0 Å². The van der Waals surface area contributed by atoms with Crippen molar-refractivity contribution in [2.45, 2.75) is 25.9 Å². The van der Waals surface area contributed by atoms with E-state index in [1.165, 1.54) is 17.7 Å². The van der Waals surface area contributed by atoms with Gasteiger partial charge in [0.25, 0.3) is 0 Å². The van der Waals surface area contributed by atoms with Gasteiger partial charge in [-0.25, -0.2) is 4.39 Å². The van der Waals surface area contributed by atoms with Gasteiger partial charge in [0, 0.05) is 12.1 Å². The minimum Gasteiger partial charge on any atom is -0.304 e. The molecule has 1 heterocycles. The van der Waals surface area contributed by atoms with E-state index in [0.717, 1.165) is 0 Å². The van der Waals surface area contributed by atoms with Gasteiger partial charge in [-0.15, -0.1) is 0 Å². The van der Waals surface area contributed by atoms with Gasteiger partial charge in [-0.2, -0.15) is 0 Å². The van der Waals surface area contributed by atoms with Gasteiger partial charge in [-0.1, -0.05) is 26.0 Å². The van der Waals surface area contributed by atoms with Crippen molar-refractivity contribution in [3.63, 3.8) is 0 Å². The molecule has 2 rings (SSSR count). The third kappa shape index (κ3) is 1.73. The first-order valence-corrected chi connectivity index (χ1v) is 4.70. The van der Waals surface area contributed by atoms with Crippen LogP contribution >= 0.6 is 0 Å². The largest absolute Gasteiger partial charge is 0.304 e. The quantitative estimate of drug-likeness (QED) is 0.692. The van der Waals surface area contributed by atoms with Gasteiger partial charge in [0.1, 0.15) is 5.82 Å². The van der Waals surface area contributed by atoms with E-state index in [4.69, 9.17) is 0 Å². The van der Waals surface area contributed by atoms with E-state index < -0.39 is 0 Å². The SMILES string of the molecule is CC(C)[C@H]1N[C@H]1c1ccc(F)cc1. The Hall–Kier alpha value is -0.890. The molecule has 1 nitrogen and oxygen atoms in total. The first-order chi connectivity index (χ1) is 6.18. The van der Waals surface area contributed by atoms with Gasteiger partial charge in [0.15, 0.2) is 0 Å². The molecule has 0 aromatic heterocycles. The van der Waals surface area contributed by atoms with Gasteiger partial charge >= 0.3 is 0 Å². The highest BCUT2D eigenvalue weighted by Crippen LogP contribution is 2.34. The average molecular weight is 179 g/mol. The van der Waals surface area contributed by atoms with Crippen LogP contribution in [0.3, 0.4) is 0 Å². The summed E-state index contributed by atoms with van der Waals surface area (Å²) < 4.78 is 12.6. The molecule has 70 valence electrons. The summed E-state index contributed by atoms with van der Waals surface area (Å²) in [6.07, 6.45) is 0. The Morgan fingerprint density at radius 1 is 1.23 bits per heavy atom. The maximum absolute atomic E-state index is 12.6. The third-order valence-electron chi connectivity index (χ3n) is 2.57. The first kappa shape index (κ1) is 8.70. The minimum atomic E-state index is -0.162. The highest BCUT2D eigenvalue weighted by atomic mass is 19.1. The second-order valence-electron chi connectivity index (χ2n) is 3.97. The van der Waals surface area contributed by atoms with Crippen LogP contribution in [0.15, 0.2) is 24.3 Å². The second kappa shape index (κ2) is 3.11. The first-order valence-electron chi connectivity index (χ1n) is 4.70. The zero-order chi connectivity index (χ0) is 9.42. The molecule has 2 atom stereocenters. The standard InChI is InChI=1S/C11H14FN/c1-7(2)10-11(13-10)8-3-5-9(12)6-4-8/h3-7,10-11,13H,1-2H3/t10-,11+/m1/s1. The smallest absolute Gasteiger partial charge is 0.123 e. The Morgan fingerprint density at radius 3 is 2.31 bits per heavy atom. The van der Waals surface area contributed by atoms with E-state index in [0.29, 0.717) is 18.0 Å². The number of hydrogen-bond acceptors (Lipinski definition) is 1. The van der Waals surface area contributed by atoms with Gasteiger partial charge in [-0.3, -0.25) is 0 Å². The topological polar surface area (TPSA) is 21.9 Å². The lowest BCUT2D eigenvalue weighted by Crippen LogP contribution is -2.00. The molecule has 13 heavy (non-hydrogen) atoms. The van der Waals surface area contributed by atoms with Crippen LogP contribution in [-0.4, -0.2) is 6.04 Å². The number of nitrogens with one attached hydrogen (secondary N) is 1. The minimum absolute atomic E-state index is 0.162. The van der Waals surface area contributed by atoms with Crippen molar-refractivity contribution in [2.24, 2.45) is 5.92 Å². The predicted molar refractivity (Wildman–Crippen MR) is 50.9 cm³/mol. The Labute approximate surface area is 78.0 Å². The van der Waals surface area contributed by atoms with E-state index in [1.54, 1.807) is 0 Å². The van der Waals surface area contributed by atoms with E-state index in [1.807, 2.05) is 12.1 Å². The van der Waals surface area contributed by atoms with Crippen LogP contribution in [0.5, 0.6) is 0 Å². The van der Waals surface area contributed by atoms with Crippen molar-refractivity contribution >= 4 is 0 Å². The molecule has 2 heteroatoms. The molecule has 0 radical (unpaired) electrons. The van der Waals surface area contributed by atoms with Gasteiger partial charge in [-0.05, 0) is 23.6 Å². The van der Waals surface area contributed by atoms with Crippen molar-refractivity contribution in [3.05, 3.63) is 35.6 Å². The number of benzene rings is 1. The van der Waals surface area contributed by atoms with Crippen LogP contribution in [0.1, 0.15) is 25.5 Å². The van der Waals surface area contributed by atoms with Crippen molar-refractivity contribution in [1.29, 1.82) is 0 Å². The molecule has 1 aliphatic heterocycles. The summed E-state index contributed by atoms with van der Waals surface area (Å²) in [5.41, 5.74) is 1.19. The fourth-order valence-corrected chi connectivity index (χ4v) is 1.70. The normalized spacial score (nSPS) is 26.5. The lowest BCUT2D eigenvalue weighted by molar-refractivity contribution is 0.616. The second-order valence-corrected chi connectivity index (χ2v) is 3.97. The zero-order valence-corrected chi connectivity index (χ0v) is 7.92. The highest BCUT2D eigenvalue weighted by molar-refractivity contribution is 5.27. The summed E-state index contributed by atoms with van der Waals surface area (Å²) >= 11 is 0. The van der Waals surface area contributed by atoms with Crippen LogP contribution in [0.2, 0.25) is 0 Å². The maximum Gasteiger partial charge on any atom is 0.123 e. The number of hydrogen-bond donors (Lipinski definition) is 1. The lowest BCUT2D eigenvalue weighted by atomic mass is 10.0. The predicted octanol–water partition coefficient (Wildman–Crippen LogP) is 2.49. The molecular weight excluding hydrogens is 165 g/mol. The summed E-state index contributed by atoms with van der Waals surface area (Å²) in [5.74, 6) is 0.487. The monoisotopic (exact) mass is 179 g/mol. The third-order valence-corrected chi connectivity index (χ3v) is 2.57. The van der Waals surface area contributed by atoms with Crippen molar-refractivity contribution < 1.29 is 4.39 Å². The van der Waals surface area contributed by atoms with Crippen molar-refractivity contribution in [1.82, 2.24) is 5.32 Å². The summed E-state index contributed by atoms with van der Waals surface area (Å²) in [6.45, 7) is 4.39. The van der Waals surface area contributed by atoms with Crippen molar-refractivity contribution in [3.8, 4) is 0 Å². The Kier molecular flexibility index (Phi) is 2.08. The fraction of sp³-hybridized carbons (Fsp3) is 0.455. The number of rotatable bonds is 2. The zero-order valence-electron chi connectivity index (χ0n) is 7.92. The summed E-state index contributed by atoms with van der Waals surface area (Å²) in [6, 6.07) is 7.77. The molecule has 1 aromatic carbocycles. The molecule has 0 bridgehead atoms. The molecule has 1 saturated heterocycles. The Bertz CT molecular complexity index is 291. The van der Waals surface area contributed by atoms with E-state index in [-0.39, 0.29) is 5.82 Å². The average Bonchev–Trinajstić information content (AvgIpc) is 2.85. The van der Waals surface area contributed by atoms with Gasteiger partial charge in [0.2, 0.25) is 0 Å². The Balaban J connectivity index is 2.08. The molecule has 0 saturated carbocycles. The summed E-state index contributed by atoms with van der Waals surface area (Å²) in [5, 5.41) is 3.38. The van der Waals surface area contributed by atoms with Gasteiger partial charge < -0.3 is 5.32 Å². The Morgan fingerprint density at radius 2 is 1.85 bits per heavy atom. The number of halogens is 1. The van der Waals surface area contributed by atoms with Crippen LogP contribution in [0.4, 0.5) is 4.39 Å². The maximum atomic E-state index is 12.6. The molecule has 1 aromatic rings. The van der Waals surface area contributed by atoms with E-state index in [9.17, 15) is 4.39 Å². The molecule has 1 aliphatic rings. The van der Waals surface area contributed by atoms with Crippen LogP contribution in [0, 0.1) is 11.7 Å². The van der Waals surface area contributed by atoms with Crippen LogP contribution < -0.4 is 5.32 Å². The van der Waals surface area contributed by atoms with E-state index in [2.05, 4.69) is 19.2 Å². The summed E-state index contributed by atoms with van der Waals surface area (Å²) in [7, 11) is 0. The van der Waals surface area contributed by atoms with Crippen LogP contribution in [-0.2, 0) is 0 Å². The lowest BCUT2D eigenvalue weighted by Gasteiger charge is -2.00. The molecule has 0 aliphatic carbocycles. The summed E-state index contributed by atoms with van der Waals surface area (Å²) in [4.78, 5) is 0. The molecule has 0 spiro atoms.